The highest BCUT2D eigenvalue weighted by Crippen LogP contribution is 2.25. The summed E-state index contributed by atoms with van der Waals surface area (Å²) in [6.45, 7) is 8.03. The van der Waals surface area contributed by atoms with Crippen LogP contribution in [0, 0.1) is 6.92 Å². The largest absolute Gasteiger partial charge is 0.298 e. The van der Waals surface area contributed by atoms with Gasteiger partial charge in [0.15, 0.2) is 0 Å². The summed E-state index contributed by atoms with van der Waals surface area (Å²) in [5.41, 5.74) is 2.39. The van der Waals surface area contributed by atoms with Gasteiger partial charge in [-0.25, -0.2) is 0 Å². The first-order valence-electron chi connectivity index (χ1n) is 6.79. The first-order valence-corrected chi connectivity index (χ1v) is 7.59. The van der Waals surface area contributed by atoms with Crippen molar-refractivity contribution < 1.29 is 0 Å². The van der Waals surface area contributed by atoms with E-state index in [1.54, 1.807) is 0 Å². The van der Waals surface area contributed by atoms with Crippen LogP contribution >= 0.6 is 15.9 Å². The second-order valence-electron chi connectivity index (χ2n) is 5.54. The molecule has 100 valence electrons. The van der Waals surface area contributed by atoms with Crippen LogP contribution in [0.4, 0.5) is 0 Å². The maximum Gasteiger partial charge on any atom is 0.0739 e. The fourth-order valence-electron chi connectivity index (χ4n) is 3.26. The molecule has 0 saturated carbocycles. The van der Waals surface area contributed by atoms with Crippen LogP contribution < -0.4 is 0 Å². The standard InChI is InChI=1S/C13H21BrN4/c1-10-13(14)12(16(2)15-10)9-17-6-7-18-5-3-4-11(18)8-17/h11H,3-9H2,1-2H3. The molecule has 1 aromatic rings. The van der Waals surface area contributed by atoms with Gasteiger partial charge in [-0.3, -0.25) is 14.5 Å². The number of piperazine rings is 1. The molecule has 4 nitrogen and oxygen atoms in total. The number of aryl methyl sites for hydroxylation is 2. The van der Waals surface area contributed by atoms with Crippen LogP contribution in [0.5, 0.6) is 0 Å². The van der Waals surface area contributed by atoms with Crippen molar-refractivity contribution in [2.75, 3.05) is 26.2 Å². The summed E-state index contributed by atoms with van der Waals surface area (Å²) in [4.78, 5) is 5.23. The lowest BCUT2D eigenvalue weighted by Crippen LogP contribution is -2.49. The molecule has 0 bridgehead atoms. The Labute approximate surface area is 117 Å². The zero-order valence-corrected chi connectivity index (χ0v) is 12.8. The van der Waals surface area contributed by atoms with Gasteiger partial charge in [0.05, 0.1) is 15.9 Å². The van der Waals surface area contributed by atoms with Gasteiger partial charge in [-0.15, -0.1) is 0 Å². The normalized spacial score (nSPS) is 25.6. The number of nitrogens with zero attached hydrogens (tertiary/aromatic N) is 4. The minimum Gasteiger partial charge on any atom is -0.298 e. The van der Waals surface area contributed by atoms with Crippen LogP contribution in [0.3, 0.4) is 0 Å². The van der Waals surface area contributed by atoms with Gasteiger partial charge in [0.25, 0.3) is 0 Å². The molecule has 0 N–H and O–H groups in total. The van der Waals surface area contributed by atoms with Crippen molar-refractivity contribution in [1.29, 1.82) is 0 Å². The van der Waals surface area contributed by atoms with E-state index in [0.29, 0.717) is 0 Å². The Morgan fingerprint density at radius 3 is 2.89 bits per heavy atom. The Kier molecular flexibility index (Phi) is 3.47. The van der Waals surface area contributed by atoms with Crippen molar-refractivity contribution >= 4 is 15.9 Å². The van der Waals surface area contributed by atoms with Crippen LogP contribution in [0.15, 0.2) is 4.47 Å². The highest BCUT2D eigenvalue weighted by Gasteiger charge is 2.31. The second kappa shape index (κ2) is 4.94. The molecule has 0 aromatic carbocycles. The van der Waals surface area contributed by atoms with E-state index in [1.165, 1.54) is 49.2 Å². The molecule has 0 aliphatic carbocycles. The molecule has 5 heteroatoms. The lowest BCUT2D eigenvalue weighted by Gasteiger charge is -2.37. The summed E-state index contributed by atoms with van der Waals surface area (Å²) < 4.78 is 3.19. The third-order valence-electron chi connectivity index (χ3n) is 4.31. The molecule has 0 radical (unpaired) electrons. The highest BCUT2D eigenvalue weighted by molar-refractivity contribution is 9.10. The fourth-order valence-corrected chi connectivity index (χ4v) is 3.72. The fraction of sp³-hybridized carbons (Fsp3) is 0.769. The number of hydrogen-bond donors (Lipinski definition) is 0. The van der Waals surface area contributed by atoms with Gasteiger partial charge in [-0.1, -0.05) is 0 Å². The third-order valence-corrected chi connectivity index (χ3v) is 5.34. The molecule has 0 spiro atoms. The van der Waals surface area contributed by atoms with Crippen LogP contribution in [0.1, 0.15) is 24.2 Å². The Balaban J connectivity index is 1.69. The predicted molar refractivity (Wildman–Crippen MR) is 75.5 cm³/mol. The molecule has 2 fully saturated rings. The summed E-state index contributed by atoms with van der Waals surface area (Å²) in [5.74, 6) is 0. The van der Waals surface area contributed by atoms with Crippen molar-refractivity contribution in [1.82, 2.24) is 19.6 Å². The molecule has 2 aliphatic rings. The monoisotopic (exact) mass is 312 g/mol. The first kappa shape index (κ1) is 12.6. The lowest BCUT2D eigenvalue weighted by atomic mass is 10.1. The van der Waals surface area contributed by atoms with Crippen LogP contribution in [0.25, 0.3) is 0 Å². The number of aromatic nitrogens is 2. The van der Waals surface area contributed by atoms with Crippen molar-refractivity contribution in [3.63, 3.8) is 0 Å². The van der Waals surface area contributed by atoms with Gasteiger partial charge in [0.1, 0.15) is 0 Å². The Hall–Kier alpha value is -0.390. The first-order chi connectivity index (χ1) is 8.65. The summed E-state index contributed by atoms with van der Waals surface area (Å²) in [6, 6.07) is 0.798. The zero-order valence-electron chi connectivity index (χ0n) is 11.2. The van der Waals surface area contributed by atoms with E-state index in [2.05, 4.69) is 37.8 Å². The summed E-state index contributed by atoms with van der Waals surface area (Å²) in [7, 11) is 2.04. The lowest BCUT2D eigenvalue weighted by molar-refractivity contribution is 0.0974. The van der Waals surface area contributed by atoms with Gasteiger partial charge in [0, 0.05) is 39.3 Å². The van der Waals surface area contributed by atoms with E-state index in [9.17, 15) is 0 Å². The van der Waals surface area contributed by atoms with Crippen molar-refractivity contribution in [2.45, 2.75) is 32.4 Å². The molecule has 3 rings (SSSR count). The Bertz CT molecular complexity index is 442. The number of hydrogen-bond acceptors (Lipinski definition) is 3. The van der Waals surface area contributed by atoms with Crippen molar-refractivity contribution in [2.24, 2.45) is 7.05 Å². The topological polar surface area (TPSA) is 24.3 Å². The van der Waals surface area contributed by atoms with Gasteiger partial charge in [0.2, 0.25) is 0 Å². The second-order valence-corrected chi connectivity index (χ2v) is 6.33. The molecule has 2 aliphatic heterocycles. The zero-order chi connectivity index (χ0) is 12.7. The molecule has 1 unspecified atom stereocenters. The average Bonchev–Trinajstić information content (AvgIpc) is 2.89. The van der Waals surface area contributed by atoms with E-state index >= 15 is 0 Å². The Morgan fingerprint density at radius 1 is 1.33 bits per heavy atom. The smallest absolute Gasteiger partial charge is 0.0739 e. The minimum absolute atomic E-state index is 0.798. The van der Waals surface area contributed by atoms with Gasteiger partial charge in [-0.2, -0.15) is 5.10 Å². The number of fused-ring (bicyclic) bond motifs is 1. The Morgan fingerprint density at radius 2 is 2.17 bits per heavy atom. The maximum absolute atomic E-state index is 4.48. The minimum atomic E-state index is 0.798. The van der Waals surface area contributed by atoms with Gasteiger partial charge < -0.3 is 0 Å². The van der Waals surface area contributed by atoms with Gasteiger partial charge in [-0.05, 0) is 42.2 Å². The summed E-state index contributed by atoms with van der Waals surface area (Å²) >= 11 is 3.66. The van der Waals surface area contributed by atoms with Crippen LogP contribution in [-0.4, -0.2) is 51.8 Å². The molecule has 0 amide bonds. The van der Waals surface area contributed by atoms with E-state index in [-0.39, 0.29) is 0 Å². The molecule has 1 aromatic heterocycles. The van der Waals surface area contributed by atoms with E-state index < -0.39 is 0 Å². The molecule has 18 heavy (non-hydrogen) atoms. The molecule has 1 atom stereocenters. The third kappa shape index (κ3) is 2.24. The van der Waals surface area contributed by atoms with Crippen molar-refractivity contribution in [3.05, 3.63) is 15.9 Å². The summed E-state index contributed by atoms with van der Waals surface area (Å²) in [5, 5.41) is 4.48. The van der Waals surface area contributed by atoms with E-state index in [0.717, 1.165) is 18.3 Å². The van der Waals surface area contributed by atoms with Crippen LogP contribution in [-0.2, 0) is 13.6 Å². The highest BCUT2D eigenvalue weighted by atomic mass is 79.9. The number of rotatable bonds is 2. The van der Waals surface area contributed by atoms with Crippen molar-refractivity contribution in [3.8, 4) is 0 Å². The number of halogens is 1. The molecular formula is C13H21BrN4. The molecule has 3 heterocycles. The van der Waals surface area contributed by atoms with Crippen LogP contribution in [0.2, 0.25) is 0 Å². The van der Waals surface area contributed by atoms with E-state index in [4.69, 9.17) is 0 Å². The van der Waals surface area contributed by atoms with Gasteiger partial charge >= 0.3 is 0 Å². The molecular weight excluding hydrogens is 292 g/mol. The average molecular weight is 313 g/mol. The summed E-state index contributed by atoms with van der Waals surface area (Å²) in [6.07, 6.45) is 2.76. The van der Waals surface area contributed by atoms with E-state index in [1.807, 2.05) is 11.7 Å². The SMILES string of the molecule is Cc1nn(C)c(CN2CCN3CCCC3C2)c1Br. The quantitative estimate of drug-likeness (QED) is 0.832. The maximum atomic E-state index is 4.48. The predicted octanol–water partition coefficient (Wildman–Crippen LogP) is 1.77. The molecule has 2 saturated heterocycles.